The van der Waals surface area contributed by atoms with Crippen molar-refractivity contribution < 1.29 is 9.47 Å². The molecule has 0 saturated heterocycles. The van der Waals surface area contributed by atoms with E-state index in [0.717, 1.165) is 40.4 Å². The molecule has 4 nitrogen and oxygen atoms in total. The van der Waals surface area contributed by atoms with Gasteiger partial charge in [-0.25, -0.2) is 4.68 Å². The minimum absolute atomic E-state index is 0.00772. The van der Waals surface area contributed by atoms with Gasteiger partial charge in [-0.3, -0.25) is 0 Å². The molecule has 0 atom stereocenters. The molecule has 0 N–H and O–H groups in total. The second-order valence-electron chi connectivity index (χ2n) is 10.3. The van der Waals surface area contributed by atoms with Gasteiger partial charge in [-0.1, -0.05) is 69.7 Å². The molecule has 1 aliphatic heterocycles. The quantitative estimate of drug-likeness (QED) is 0.290. The van der Waals surface area contributed by atoms with E-state index in [9.17, 15) is 0 Å². The number of methoxy groups -OCH3 is 1. The highest BCUT2D eigenvalue weighted by Crippen LogP contribution is 2.51. The summed E-state index contributed by atoms with van der Waals surface area (Å²) in [5.41, 5.74) is 4.37. The van der Waals surface area contributed by atoms with Crippen molar-refractivity contribution in [2.45, 2.75) is 77.7 Å². The molecular formula is C28H34Cl2N2O2. The number of ether oxygens (including phenoxy) is 2. The number of fused-ring (bicyclic) bond motifs is 3. The monoisotopic (exact) mass is 500 g/mol. The largest absolute Gasteiger partial charge is 0.496 e. The fourth-order valence-corrected chi connectivity index (χ4v) is 5.06. The number of aromatic nitrogens is 2. The molecule has 1 aliphatic rings. The Morgan fingerprint density at radius 3 is 2.50 bits per heavy atom. The predicted octanol–water partition coefficient (Wildman–Crippen LogP) is 8.73. The van der Waals surface area contributed by atoms with Crippen LogP contribution < -0.4 is 9.47 Å². The van der Waals surface area contributed by atoms with Crippen LogP contribution >= 0.6 is 23.2 Å². The van der Waals surface area contributed by atoms with Gasteiger partial charge in [0, 0.05) is 5.56 Å². The smallest absolute Gasteiger partial charge is 0.134 e. The highest BCUT2D eigenvalue weighted by Gasteiger charge is 2.39. The van der Waals surface area contributed by atoms with E-state index in [2.05, 4.69) is 46.8 Å². The highest BCUT2D eigenvalue weighted by molar-refractivity contribution is 6.42. The van der Waals surface area contributed by atoms with Crippen LogP contribution in [0, 0.1) is 0 Å². The van der Waals surface area contributed by atoms with Gasteiger partial charge in [-0.15, -0.1) is 0 Å². The summed E-state index contributed by atoms with van der Waals surface area (Å²) in [4.78, 5) is 0. The van der Waals surface area contributed by atoms with Crippen LogP contribution in [0.5, 0.6) is 11.5 Å². The number of unbranched alkanes of at least 4 members (excludes halogenated alkanes) is 3. The number of rotatable bonds is 8. The van der Waals surface area contributed by atoms with E-state index in [0.29, 0.717) is 10.0 Å². The Hall–Kier alpha value is -2.17. The van der Waals surface area contributed by atoms with Crippen LogP contribution in [0.3, 0.4) is 0 Å². The molecule has 0 unspecified atom stereocenters. The molecule has 2 aromatic carbocycles. The third-order valence-corrected chi connectivity index (χ3v) is 7.63. The predicted molar refractivity (Wildman–Crippen MR) is 141 cm³/mol. The van der Waals surface area contributed by atoms with E-state index in [-0.39, 0.29) is 5.41 Å². The van der Waals surface area contributed by atoms with Crippen molar-refractivity contribution in [1.82, 2.24) is 9.78 Å². The lowest BCUT2D eigenvalue weighted by Gasteiger charge is -2.35. The van der Waals surface area contributed by atoms with Crippen LogP contribution in [0.1, 0.15) is 77.8 Å². The summed E-state index contributed by atoms with van der Waals surface area (Å²) in [6.45, 7) is 11.0. The molecule has 34 heavy (non-hydrogen) atoms. The third-order valence-electron chi connectivity index (χ3n) is 6.89. The highest BCUT2D eigenvalue weighted by atomic mass is 35.5. The van der Waals surface area contributed by atoms with E-state index in [1.165, 1.54) is 31.2 Å². The summed E-state index contributed by atoms with van der Waals surface area (Å²) in [5.74, 6) is 1.60. The zero-order chi connectivity index (χ0) is 24.7. The Labute approximate surface area is 213 Å². The van der Waals surface area contributed by atoms with Crippen LogP contribution in [0.2, 0.25) is 10.0 Å². The zero-order valence-corrected chi connectivity index (χ0v) is 22.5. The van der Waals surface area contributed by atoms with E-state index >= 15 is 0 Å². The van der Waals surface area contributed by atoms with Crippen molar-refractivity contribution in [1.29, 1.82) is 0 Å². The average Bonchev–Trinajstić information content (AvgIpc) is 3.24. The fourth-order valence-electron chi connectivity index (χ4n) is 4.77. The van der Waals surface area contributed by atoms with Crippen molar-refractivity contribution in [3.8, 4) is 28.4 Å². The molecule has 6 heteroatoms. The Bertz CT molecular complexity index is 1200. The number of hydrogen-bond donors (Lipinski definition) is 0. The lowest BCUT2D eigenvalue weighted by molar-refractivity contribution is 0.105. The molecule has 3 aromatic rings. The third kappa shape index (κ3) is 4.55. The number of hydrogen-bond acceptors (Lipinski definition) is 3. The molecule has 0 radical (unpaired) electrons. The van der Waals surface area contributed by atoms with E-state index in [1.54, 1.807) is 13.2 Å². The average molecular weight is 501 g/mol. The molecular weight excluding hydrogens is 467 g/mol. The Morgan fingerprint density at radius 2 is 1.82 bits per heavy atom. The van der Waals surface area contributed by atoms with Gasteiger partial charge >= 0.3 is 0 Å². The Kier molecular flexibility index (Phi) is 6.94. The number of benzene rings is 2. The molecule has 182 valence electrons. The first-order chi connectivity index (χ1) is 16.1. The molecule has 0 saturated carbocycles. The van der Waals surface area contributed by atoms with Crippen molar-refractivity contribution in [2.24, 2.45) is 0 Å². The van der Waals surface area contributed by atoms with Crippen molar-refractivity contribution in [3.63, 3.8) is 0 Å². The topological polar surface area (TPSA) is 36.3 Å². The van der Waals surface area contributed by atoms with Gasteiger partial charge in [-0.05, 0) is 61.6 Å². The number of halogens is 2. The second kappa shape index (κ2) is 9.47. The van der Waals surface area contributed by atoms with Crippen molar-refractivity contribution in [2.75, 3.05) is 7.11 Å². The van der Waals surface area contributed by atoms with E-state index < -0.39 is 5.60 Å². The van der Waals surface area contributed by atoms with E-state index in [4.69, 9.17) is 37.8 Å². The summed E-state index contributed by atoms with van der Waals surface area (Å²) < 4.78 is 14.4. The van der Waals surface area contributed by atoms with Gasteiger partial charge in [-0.2, -0.15) is 5.10 Å². The Balaban J connectivity index is 1.85. The van der Waals surface area contributed by atoms with Crippen molar-refractivity contribution in [3.05, 3.63) is 57.7 Å². The van der Waals surface area contributed by atoms with Crippen LogP contribution in [-0.4, -0.2) is 16.9 Å². The molecule has 2 heterocycles. The fraction of sp³-hybridized carbons (Fsp3) is 0.464. The summed E-state index contributed by atoms with van der Waals surface area (Å²) in [5, 5.41) is 5.72. The maximum absolute atomic E-state index is 6.58. The molecule has 0 amide bonds. The maximum Gasteiger partial charge on any atom is 0.134 e. The lowest BCUT2D eigenvalue weighted by Crippen LogP contribution is -2.30. The minimum atomic E-state index is -0.550. The Morgan fingerprint density at radius 1 is 1.06 bits per heavy atom. The van der Waals surface area contributed by atoms with E-state index in [1.807, 2.05) is 23.0 Å². The van der Waals surface area contributed by atoms with Gasteiger partial charge in [0.1, 0.15) is 17.1 Å². The van der Waals surface area contributed by atoms with Crippen LogP contribution in [0.15, 0.2) is 36.5 Å². The van der Waals surface area contributed by atoms with Gasteiger partial charge in [0.25, 0.3) is 0 Å². The summed E-state index contributed by atoms with van der Waals surface area (Å²) in [6.07, 6.45) is 7.97. The normalized spacial score (nSPS) is 14.4. The lowest BCUT2D eigenvalue weighted by atomic mass is 9.78. The SMILES string of the molecule is CCCCCCC(C)(C)c1cc(OC)c2c(c1)OC(C)(C)c1cnn(-c3ccc(Cl)c(Cl)c3)c1-2. The van der Waals surface area contributed by atoms with Gasteiger partial charge < -0.3 is 9.47 Å². The first kappa shape index (κ1) is 24.9. The summed E-state index contributed by atoms with van der Waals surface area (Å²) in [7, 11) is 1.72. The molecule has 0 fully saturated rings. The van der Waals surface area contributed by atoms with Gasteiger partial charge in [0.15, 0.2) is 0 Å². The zero-order valence-electron chi connectivity index (χ0n) is 21.0. The minimum Gasteiger partial charge on any atom is -0.496 e. The number of nitrogens with zero attached hydrogens (tertiary/aromatic N) is 2. The first-order valence-corrected chi connectivity index (χ1v) is 12.8. The van der Waals surface area contributed by atoms with Crippen LogP contribution in [0.25, 0.3) is 16.9 Å². The van der Waals surface area contributed by atoms with Crippen molar-refractivity contribution >= 4 is 23.2 Å². The summed E-state index contributed by atoms with van der Waals surface area (Å²) >= 11 is 12.5. The molecule has 4 rings (SSSR count). The van der Waals surface area contributed by atoms with Gasteiger partial charge in [0.2, 0.25) is 0 Å². The second-order valence-corrected chi connectivity index (χ2v) is 11.1. The van der Waals surface area contributed by atoms with Gasteiger partial charge in [0.05, 0.1) is 40.3 Å². The molecule has 1 aromatic heterocycles. The first-order valence-electron chi connectivity index (χ1n) is 12.0. The molecule has 0 bridgehead atoms. The standard InChI is InChI=1S/C28H34Cl2N2O2/c1-7-8-9-10-13-27(2,3)18-14-23(33-6)25-24(15-18)34-28(4,5)20-17-31-32(26(20)25)19-11-12-21(29)22(30)16-19/h11-12,14-17H,7-10,13H2,1-6H3. The summed E-state index contributed by atoms with van der Waals surface area (Å²) in [6, 6.07) is 9.90. The molecule has 0 spiro atoms. The van der Waals surface area contributed by atoms with Crippen LogP contribution in [-0.2, 0) is 11.0 Å². The van der Waals surface area contributed by atoms with Crippen LogP contribution in [0.4, 0.5) is 0 Å². The maximum atomic E-state index is 6.58. The molecule has 0 aliphatic carbocycles.